The van der Waals surface area contributed by atoms with E-state index in [9.17, 15) is 24.5 Å². The molecule has 0 saturated carbocycles. The van der Waals surface area contributed by atoms with E-state index in [2.05, 4.69) is 5.32 Å². The van der Waals surface area contributed by atoms with E-state index >= 15 is 0 Å². The van der Waals surface area contributed by atoms with Gasteiger partial charge in [0.1, 0.15) is 0 Å². The average Bonchev–Trinajstić information content (AvgIpc) is 2.76. The molecule has 1 aliphatic rings. The molecule has 3 aromatic carbocycles. The highest BCUT2D eigenvalue weighted by molar-refractivity contribution is 6.25. The Morgan fingerprint density at radius 1 is 0.967 bits per heavy atom. The van der Waals surface area contributed by atoms with Crippen molar-refractivity contribution >= 4 is 34.2 Å². The minimum Gasteiger partial charge on any atom is -0.352 e. The Kier molecular flexibility index (Phi) is 4.97. The second kappa shape index (κ2) is 7.75. The third-order valence-electron chi connectivity index (χ3n) is 5.02. The first-order valence-electron chi connectivity index (χ1n) is 9.33. The van der Waals surface area contributed by atoms with Crippen LogP contribution >= 0.6 is 0 Å². The van der Waals surface area contributed by atoms with Crippen molar-refractivity contribution in [1.82, 2.24) is 10.2 Å². The molecule has 8 heteroatoms. The van der Waals surface area contributed by atoms with Gasteiger partial charge in [-0.05, 0) is 17.0 Å². The van der Waals surface area contributed by atoms with Crippen molar-refractivity contribution in [2.75, 3.05) is 6.54 Å². The van der Waals surface area contributed by atoms with Gasteiger partial charge in [0.2, 0.25) is 5.91 Å². The van der Waals surface area contributed by atoms with Crippen LogP contribution < -0.4 is 5.32 Å². The normalized spacial score (nSPS) is 12.9. The number of nitro benzene ring substituents is 1. The maximum atomic E-state index is 12.9. The molecule has 0 fully saturated rings. The summed E-state index contributed by atoms with van der Waals surface area (Å²) in [5.41, 5.74) is 1.10. The zero-order chi connectivity index (χ0) is 21.3. The van der Waals surface area contributed by atoms with Crippen molar-refractivity contribution in [1.29, 1.82) is 0 Å². The van der Waals surface area contributed by atoms with Crippen molar-refractivity contribution in [2.45, 2.75) is 13.0 Å². The summed E-state index contributed by atoms with van der Waals surface area (Å²) in [5, 5.41) is 14.8. The van der Waals surface area contributed by atoms with Gasteiger partial charge in [0.25, 0.3) is 17.5 Å². The smallest absolute Gasteiger partial charge is 0.270 e. The van der Waals surface area contributed by atoms with Gasteiger partial charge in [0, 0.05) is 42.6 Å². The predicted molar refractivity (Wildman–Crippen MR) is 109 cm³/mol. The maximum absolute atomic E-state index is 12.9. The van der Waals surface area contributed by atoms with Crippen LogP contribution in [0.3, 0.4) is 0 Å². The van der Waals surface area contributed by atoms with E-state index in [1.807, 2.05) is 30.3 Å². The molecule has 150 valence electrons. The van der Waals surface area contributed by atoms with Gasteiger partial charge in [-0.15, -0.1) is 0 Å². The Labute approximate surface area is 171 Å². The van der Waals surface area contributed by atoms with Crippen LogP contribution in [0.2, 0.25) is 0 Å². The molecule has 4 rings (SSSR count). The Balaban J connectivity index is 1.54. The van der Waals surface area contributed by atoms with E-state index in [1.165, 1.54) is 12.1 Å². The molecule has 8 nitrogen and oxygen atoms in total. The number of carbonyl (C=O) groups excluding carboxylic acids is 3. The summed E-state index contributed by atoms with van der Waals surface area (Å²) in [7, 11) is 0. The van der Waals surface area contributed by atoms with Gasteiger partial charge in [-0.1, -0.05) is 42.5 Å². The summed E-state index contributed by atoms with van der Waals surface area (Å²) in [6, 6.07) is 16.7. The Bertz CT molecular complexity index is 1190. The zero-order valence-corrected chi connectivity index (χ0v) is 15.8. The van der Waals surface area contributed by atoms with E-state index in [0.717, 1.165) is 10.5 Å². The first-order chi connectivity index (χ1) is 14.5. The molecule has 30 heavy (non-hydrogen) atoms. The summed E-state index contributed by atoms with van der Waals surface area (Å²) in [6.45, 7) is 0.229. The summed E-state index contributed by atoms with van der Waals surface area (Å²) in [5.74, 6) is -1.45. The standard InChI is InChI=1S/C22H17N3O5/c26-19(23-13-14-5-2-1-3-6-14)9-10-24-21(27)17-8-4-7-15-11-16(25(29)30)12-18(20(15)17)22(24)28/h1-8,11-12H,9-10,13H2,(H,23,26). The second-order valence-corrected chi connectivity index (χ2v) is 6.93. The molecular formula is C22H17N3O5. The molecular weight excluding hydrogens is 386 g/mol. The van der Waals surface area contributed by atoms with Crippen molar-refractivity contribution in [3.63, 3.8) is 0 Å². The highest BCUT2D eigenvalue weighted by Gasteiger charge is 2.34. The number of nitro groups is 1. The number of benzene rings is 3. The summed E-state index contributed by atoms with van der Waals surface area (Å²) in [4.78, 5) is 49.6. The van der Waals surface area contributed by atoms with E-state index in [0.29, 0.717) is 22.9 Å². The number of carbonyl (C=O) groups is 3. The number of hydrogen-bond donors (Lipinski definition) is 1. The molecule has 1 N–H and O–H groups in total. The lowest BCUT2D eigenvalue weighted by atomic mass is 9.93. The molecule has 0 unspecified atom stereocenters. The number of non-ortho nitro benzene ring substituents is 1. The molecule has 3 amide bonds. The SMILES string of the molecule is O=C(CCN1C(=O)c2cccc3cc([N+](=O)[O-])cc(c23)C1=O)NCc1ccccc1. The third-order valence-corrected chi connectivity index (χ3v) is 5.02. The zero-order valence-electron chi connectivity index (χ0n) is 15.8. The molecule has 0 bridgehead atoms. The lowest BCUT2D eigenvalue weighted by Gasteiger charge is -2.26. The minimum atomic E-state index is -0.636. The fourth-order valence-electron chi connectivity index (χ4n) is 3.55. The Morgan fingerprint density at radius 3 is 2.43 bits per heavy atom. The van der Waals surface area contributed by atoms with E-state index in [-0.39, 0.29) is 30.1 Å². The van der Waals surface area contributed by atoms with E-state index in [4.69, 9.17) is 0 Å². The van der Waals surface area contributed by atoms with Crippen molar-refractivity contribution in [3.8, 4) is 0 Å². The first-order valence-corrected chi connectivity index (χ1v) is 9.33. The van der Waals surface area contributed by atoms with Crippen LogP contribution in [0, 0.1) is 10.1 Å². The van der Waals surface area contributed by atoms with Crippen molar-refractivity contribution < 1.29 is 19.3 Å². The van der Waals surface area contributed by atoms with Gasteiger partial charge in [0.15, 0.2) is 0 Å². The highest BCUT2D eigenvalue weighted by atomic mass is 16.6. The van der Waals surface area contributed by atoms with E-state index < -0.39 is 16.7 Å². The van der Waals surface area contributed by atoms with Crippen LogP contribution in [-0.2, 0) is 11.3 Å². The second-order valence-electron chi connectivity index (χ2n) is 6.93. The number of nitrogens with one attached hydrogen (secondary N) is 1. The number of hydrogen-bond acceptors (Lipinski definition) is 5. The minimum absolute atomic E-state index is 0.0649. The van der Waals surface area contributed by atoms with Crippen LogP contribution in [0.15, 0.2) is 60.7 Å². The number of nitrogens with zero attached hydrogens (tertiary/aromatic N) is 2. The lowest BCUT2D eigenvalue weighted by molar-refractivity contribution is -0.384. The molecule has 0 radical (unpaired) electrons. The predicted octanol–water partition coefficient (Wildman–Crippen LogP) is 3.05. The topological polar surface area (TPSA) is 110 Å². The van der Waals surface area contributed by atoms with Crippen LogP contribution in [0.1, 0.15) is 32.7 Å². The third kappa shape index (κ3) is 3.50. The largest absolute Gasteiger partial charge is 0.352 e. The summed E-state index contributed by atoms with van der Waals surface area (Å²) in [6.07, 6.45) is -0.0649. The highest BCUT2D eigenvalue weighted by Crippen LogP contribution is 2.33. The van der Waals surface area contributed by atoms with Crippen LogP contribution in [0.25, 0.3) is 10.8 Å². The summed E-state index contributed by atoms with van der Waals surface area (Å²) < 4.78 is 0. The molecule has 0 aliphatic carbocycles. The number of imide groups is 1. The maximum Gasteiger partial charge on any atom is 0.270 e. The van der Waals surface area contributed by atoms with E-state index in [1.54, 1.807) is 18.2 Å². The van der Waals surface area contributed by atoms with Crippen molar-refractivity contribution in [3.05, 3.63) is 87.5 Å². The lowest BCUT2D eigenvalue weighted by Crippen LogP contribution is -2.42. The quantitative estimate of drug-likeness (QED) is 0.386. The molecule has 3 aromatic rings. The molecule has 0 saturated heterocycles. The number of amides is 3. The van der Waals surface area contributed by atoms with Crippen LogP contribution in [0.4, 0.5) is 5.69 Å². The van der Waals surface area contributed by atoms with Gasteiger partial charge in [-0.25, -0.2) is 0 Å². The molecule has 1 aliphatic heterocycles. The molecule has 1 heterocycles. The number of rotatable bonds is 6. The fraction of sp³-hybridized carbons (Fsp3) is 0.136. The van der Waals surface area contributed by atoms with Crippen molar-refractivity contribution in [2.24, 2.45) is 0 Å². The van der Waals surface area contributed by atoms with Crippen LogP contribution in [-0.4, -0.2) is 34.1 Å². The first kappa shape index (κ1) is 19.3. The summed E-state index contributed by atoms with van der Waals surface area (Å²) >= 11 is 0. The van der Waals surface area contributed by atoms with Gasteiger partial charge in [-0.3, -0.25) is 29.4 Å². The Morgan fingerprint density at radius 2 is 1.70 bits per heavy atom. The van der Waals surface area contributed by atoms with Gasteiger partial charge in [0.05, 0.1) is 10.5 Å². The monoisotopic (exact) mass is 403 g/mol. The fourth-order valence-corrected chi connectivity index (χ4v) is 3.55. The van der Waals surface area contributed by atoms with Gasteiger partial charge < -0.3 is 5.32 Å². The van der Waals surface area contributed by atoms with Gasteiger partial charge >= 0.3 is 0 Å². The molecule has 0 spiro atoms. The van der Waals surface area contributed by atoms with Crippen LogP contribution in [0.5, 0.6) is 0 Å². The van der Waals surface area contributed by atoms with Gasteiger partial charge in [-0.2, -0.15) is 0 Å². The molecule has 0 atom stereocenters. The Hall–Kier alpha value is -4.07. The molecule has 0 aromatic heterocycles. The average molecular weight is 403 g/mol.